The van der Waals surface area contributed by atoms with E-state index in [0.717, 1.165) is 27.0 Å². The van der Waals surface area contributed by atoms with Crippen molar-refractivity contribution in [2.45, 2.75) is 6.04 Å². The number of nitrogens with one attached hydrogen (secondary N) is 1. The quantitative estimate of drug-likeness (QED) is 0.743. The zero-order valence-electron chi connectivity index (χ0n) is 17.1. The summed E-state index contributed by atoms with van der Waals surface area (Å²) >= 11 is 3.53. The highest BCUT2D eigenvalue weighted by Crippen LogP contribution is 2.39. The zero-order valence-corrected chi connectivity index (χ0v) is 18.6. The maximum atomic E-state index is 13.0. The third-order valence-corrected chi connectivity index (χ3v) is 6.01. The number of likely N-dealkylation sites (N-methyl/N-ethyl adjacent to an activating group) is 1. The molecule has 0 fully saturated rings. The molecule has 0 saturated heterocycles. The van der Waals surface area contributed by atoms with Gasteiger partial charge in [0.05, 0.1) is 35.6 Å². The normalized spacial score (nSPS) is 20.2. The van der Waals surface area contributed by atoms with Gasteiger partial charge < -0.3 is 19.9 Å². The van der Waals surface area contributed by atoms with Crippen molar-refractivity contribution in [3.63, 3.8) is 0 Å². The summed E-state index contributed by atoms with van der Waals surface area (Å²) in [6.45, 7) is 0.746. The summed E-state index contributed by atoms with van der Waals surface area (Å²) < 4.78 is 6.13. The fraction of sp³-hybridized carbons (Fsp3) is 0.318. The van der Waals surface area contributed by atoms with Crippen molar-refractivity contribution < 1.29 is 14.3 Å². The number of aliphatic imine (C=N–C) groups is 1. The number of benzene rings is 2. The Morgan fingerprint density at radius 2 is 2.07 bits per heavy atom. The Balaban J connectivity index is 1.79. The molecule has 2 aliphatic heterocycles. The summed E-state index contributed by atoms with van der Waals surface area (Å²) in [6.07, 6.45) is 0. The third-order valence-electron chi connectivity index (χ3n) is 5.39. The summed E-state index contributed by atoms with van der Waals surface area (Å²) in [5.41, 5.74) is 3.27. The van der Waals surface area contributed by atoms with Crippen LogP contribution in [0.3, 0.4) is 0 Å². The second-order valence-electron chi connectivity index (χ2n) is 7.68. The molecule has 3 amide bonds. The second kappa shape index (κ2) is 8.20. The number of para-hydroxylation sites is 1. The molecule has 1 N–H and O–H groups in total. The fourth-order valence-electron chi connectivity index (χ4n) is 4.07. The summed E-state index contributed by atoms with van der Waals surface area (Å²) in [4.78, 5) is 33.5. The second-order valence-corrected chi connectivity index (χ2v) is 8.54. The highest BCUT2D eigenvalue weighted by Gasteiger charge is 2.41. The monoisotopic (exact) mass is 470 g/mol. The molecule has 0 spiro atoms. The highest BCUT2D eigenvalue weighted by molar-refractivity contribution is 9.10. The van der Waals surface area contributed by atoms with Crippen LogP contribution in [-0.4, -0.2) is 56.8 Å². The molecule has 0 bridgehead atoms. The van der Waals surface area contributed by atoms with Crippen LogP contribution in [0, 0.1) is 5.92 Å². The van der Waals surface area contributed by atoms with Gasteiger partial charge >= 0.3 is 6.03 Å². The Labute approximate surface area is 183 Å². The number of amides is 3. The van der Waals surface area contributed by atoms with Gasteiger partial charge in [-0.15, -0.1) is 0 Å². The number of halogens is 1. The van der Waals surface area contributed by atoms with Crippen molar-refractivity contribution in [1.82, 2.24) is 10.2 Å². The number of hydrogen-bond donors (Lipinski definition) is 1. The van der Waals surface area contributed by atoms with Crippen LogP contribution in [0.25, 0.3) is 0 Å². The Kier molecular flexibility index (Phi) is 5.62. The lowest BCUT2D eigenvalue weighted by molar-refractivity contribution is -0.119. The molecule has 0 saturated carbocycles. The Morgan fingerprint density at radius 3 is 2.77 bits per heavy atom. The lowest BCUT2D eigenvalue weighted by Gasteiger charge is -2.41. The molecule has 4 rings (SSSR count). The van der Waals surface area contributed by atoms with E-state index in [1.807, 2.05) is 66.4 Å². The molecule has 0 radical (unpaired) electrons. The van der Waals surface area contributed by atoms with Crippen LogP contribution >= 0.6 is 15.9 Å². The molecule has 2 aliphatic rings. The smallest absolute Gasteiger partial charge is 0.341 e. The van der Waals surface area contributed by atoms with Crippen LogP contribution in [0.4, 0.5) is 10.5 Å². The summed E-state index contributed by atoms with van der Waals surface area (Å²) in [6, 6.07) is 12.7. The Morgan fingerprint density at radius 1 is 1.30 bits per heavy atom. The van der Waals surface area contributed by atoms with Crippen LogP contribution in [0.15, 0.2) is 51.9 Å². The van der Waals surface area contributed by atoms with Gasteiger partial charge in [0, 0.05) is 18.0 Å². The van der Waals surface area contributed by atoms with Gasteiger partial charge in [0.1, 0.15) is 5.75 Å². The van der Waals surface area contributed by atoms with Crippen molar-refractivity contribution >= 4 is 39.3 Å². The molecule has 2 atom stereocenters. The van der Waals surface area contributed by atoms with Crippen molar-refractivity contribution in [3.05, 3.63) is 58.1 Å². The molecule has 8 heteroatoms. The van der Waals surface area contributed by atoms with E-state index in [1.165, 1.54) is 0 Å². The van der Waals surface area contributed by atoms with E-state index < -0.39 is 0 Å². The third kappa shape index (κ3) is 3.73. The van der Waals surface area contributed by atoms with E-state index in [4.69, 9.17) is 4.74 Å². The van der Waals surface area contributed by atoms with E-state index in [0.29, 0.717) is 18.8 Å². The number of carbonyl (C=O) groups excluding carboxylic acids is 2. The lowest BCUT2D eigenvalue weighted by Crippen LogP contribution is -2.52. The highest BCUT2D eigenvalue weighted by atomic mass is 79.9. The molecule has 2 aromatic rings. The van der Waals surface area contributed by atoms with Gasteiger partial charge in [-0.3, -0.25) is 4.79 Å². The SMILES string of the molecule is COc1ccc(C2NC(=O)N=C3c4ccccc4N(C(=O)CN(C)C)CC32)cc1Br. The maximum absolute atomic E-state index is 13.0. The van der Waals surface area contributed by atoms with Crippen LogP contribution in [0.5, 0.6) is 5.75 Å². The van der Waals surface area contributed by atoms with E-state index in [1.54, 1.807) is 7.11 Å². The fourth-order valence-corrected chi connectivity index (χ4v) is 4.63. The first-order valence-corrected chi connectivity index (χ1v) is 10.5. The molecule has 7 nitrogen and oxygen atoms in total. The minimum atomic E-state index is -0.374. The first-order valence-electron chi connectivity index (χ1n) is 9.66. The molecule has 2 unspecified atom stereocenters. The minimum absolute atomic E-state index is 0.0121. The van der Waals surface area contributed by atoms with Crippen LogP contribution in [0.2, 0.25) is 0 Å². The number of methoxy groups -OCH3 is 1. The predicted octanol–water partition coefficient (Wildman–Crippen LogP) is 3.24. The molecule has 2 heterocycles. The van der Waals surface area contributed by atoms with Gasteiger partial charge in [-0.2, -0.15) is 4.99 Å². The van der Waals surface area contributed by atoms with Crippen molar-refractivity contribution in [3.8, 4) is 5.75 Å². The number of hydrogen-bond acceptors (Lipinski definition) is 4. The number of ether oxygens (including phenoxy) is 1. The van der Waals surface area contributed by atoms with Gasteiger partial charge in [0.25, 0.3) is 0 Å². The molecule has 2 aromatic carbocycles. The molecular weight excluding hydrogens is 448 g/mol. The summed E-state index contributed by atoms with van der Waals surface area (Å²) in [5.74, 6) is 0.564. The van der Waals surface area contributed by atoms with Crippen LogP contribution in [-0.2, 0) is 4.79 Å². The standard InChI is InChI=1S/C22H23BrN4O3/c1-26(2)12-19(28)27-11-15-20(13-8-9-18(30-3)16(23)10-13)24-22(29)25-21(15)14-6-4-5-7-17(14)27/h4-10,15,20H,11-12H2,1-3H3,(H,24,29). The zero-order chi connectivity index (χ0) is 21.4. The molecule has 0 aliphatic carbocycles. The summed E-state index contributed by atoms with van der Waals surface area (Å²) in [7, 11) is 5.36. The van der Waals surface area contributed by atoms with Gasteiger partial charge in [-0.1, -0.05) is 24.3 Å². The van der Waals surface area contributed by atoms with Crippen LogP contribution in [0.1, 0.15) is 17.2 Å². The Bertz CT molecular complexity index is 1040. The van der Waals surface area contributed by atoms with Crippen molar-refractivity contribution in [1.29, 1.82) is 0 Å². The Hall–Kier alpha value is -2.71. The molecule has 30 heavy (non-hydrogen) atoms. The minimum Gasteiger partial charge on any atom is -0.496 e. The average molecular weight is 471 g/mol. The number of anilines is 1. The van der Waals surface area contributed by atoms with Crippen molar-refractivity contribution in [2.24, 2.45) is 10.9 Å². The van der Waals surface area contributed by atoms with Crippen LogP contribution < -0.4 is 15.0 Å². The number of urea groups is 1. The number of rotatable bonds is 4. The van der Waals surface area contributed by atoms with E-state index in [2.05, 4.69) is 26.2 Å². The molecule has 0 aromatic heterocycles. The number of fused-ring (bicyclic) bond motifs is 3. The topological polar surface area (TPSA) is 74.2 Å². The number of carbonyl (C=O) groups is 2. The molecular formula is C22H23BrN4O3. The molecule has 156 valence electrons. The summed E-state index contributed by atoms with van der Waals surface area (Å²) in [5, 5.41) is 2.99. The van der Waals surface area contributed by atoms with E-state index >= 15 is 0 Å². The predicted molar refractivity (Wildman–Crippen MR) is 119 cm³/mol. The van der Waals surface area contributed by atoms with E-state index in [9.17, 15) is 9.59 Å². The van der Waals surface area contributed by atoms with Gasteiger partial charge in [0.15, 0.2) is 0 Å². The van der Waals surface area contributed by atoms with Crippen molar-refractivity contribution in [2.75, 3.05) is 39.2 Å². The van der Waals surface area contributed by atoms with E-state index in [-0.39, 0.29) is 23.9 Å². The average Bonchev–Trinajstić information content (AvgIpc) is 2.72. The maximum Gasteiger partial charge on any atom is 0.341 e. The number of nitrogens with zero attached hydrogens (tertiary/aromatic N) is 3. The van der Waals surface area contributed by atoms with Gasteiger partial charge in [-0.25, -0.2) is 4.79 Å². The lowest BCUT2D eigenvalue weighted by atomic mass is 9.81. The van der Waals surface area contributed by atoms with Gasteiger partial charge in [-0.05, 0) is 53.8 Å². The largest absolute Gasteiger partial charge is 0.496 e. The first-order chi connectivity index (χ1) is 14.4. The first kappa shape index (κ1) is 20.6. The van der Waals surface area contributed by atoms with Gasteiger partial charge in [0.2, 0.25) is 5.91 Å².